The second-order valence-corrected chi connectivity index (χ2v) is 16.1. The molecule has 0 spiro atoms. The molecule has 0 aliphatic carbocycles. The van der Waals surface area contributed by atoms with Crippen molar-refractivity contribution >= 4 is 7.82 Å². The summed E-state index contributed by atoms with van der Waals surface area (Å²) in [4.78, 5) is 11.7. The number of hydrogen-bond acceptors (Lipinski definition) is 4. The lowest BCUT2D eigenvalue weighted by molar-refractivity contribution is -0.870. The molecule has 0 amide bonds. The Morgan fingerprint density at radius 2 is 0.622 bits per heavy atom. The highest BCUT2D eigenvalue weighted by Gasteiger charge is 2.08. The molecule has 0 unspecified atom stereocenters. The zero-order valence-corrected chi connectivity index (χ0v) is 32.8. The molecule has 5 nitrogen and oxygen atoms in total. The van der Waals surface area contributed by atoms with Gasteiger partial charge in [0.25, 0.3) is 7.82 Å². The Hall–Kier alpha value is 0.0700. The van der Waals surface area contributed by atoms with Crippen molar-refractivity contribution in [2.75, 3.05) is 40.9 Å². The summed E-state index contributed by atoms with van der Waals surface area (Å²) in [5.74, 6) is 0. The van der Waals surface area contributed by atoms with E-state index in [1.807, 2.05) is 0 Å². The fourth-order valence-corrected chi connectivity index (χ4v) is 6.42. The topological polar surface area (TPSA) is 58.6 Å². The molecule has 0 radical (unpaired) electrons. The fourth-order valence-electron chi connectivity index (χ4n) is 5.64. The van der Waals surface area contributed by atoms with Crippen molar-refractivity contribution in [2.45, 2.75) is 213 Å². The predicted molar refractivity (Wildman–Crippen MR) is 198 cm³/mol. The number of quaternary nitrogens is 1. The Labute approximate surface area is 284 Å². The smallest absolute Gasteiger partial charge is 0.267 e. The first-order valence-electron chi connectivity index (χ1n) is 20.1. The zero-order valence-electron chi connectivity index (χ0n) is 31.9. The fraction of sp³-hybridized carbons (Fsp3) is 1.00. The van der Waals surface area contributed by atoms with Crippen LogP contribution in [0, 0.1) is 0 Å². The van der Waals surface area contributed by atoms with Gasteiger partial charge in [0.2, 0.25) is 0 Å². The predicted octanol–water partition coefficient (Wildman–Crippen LogP) is 12.9. The number of phosphoric acid groups is 1. The van der Waals surface area contributed by atoms with E-state index in [0.717, 1.165) is 30.2 Å². The number of rotatable bonds is 35. The number of hydrogen-bond donors (Lipinski definition) is 0. The van der Waals surface area contributed by atoms with E-state index in [2.05, 4.69) is 41.9 Å². The summed E-state index contributed by atoms with van der Waals surface area (Å²) in [6.07, 6.45) is 38.9. The van der Waals surface area contributed by atoms with Gasteiger partial charge in [-0.25, -0.2) is 0 Å². The monoisotopic (exact) mass is 662 g/mol. The lowest BCUT2D eigenvalue weighted by atomic mass is 10.1. The molecule has 0 N–H and O–H groups in total. The van der Waals surface area contributed by atoms with E-state index in [1.54, 1.807) is 0 Å². The summed E-state index contributed by atoms with van der Waals surface area (Å²) in [5, 5.41) is 0. The van der Waals surface area contributed by atoms with E-state index in [-0.39, 0.29) is 13.2 Å². The van der Waals surface area contributed by atoms with Crippen molar-refractivity contribution in [2.24, 2.45) is 0 Å². The molecule has 0 fully saturated rings. The Morgan fingerprint density at radius 1 is 0.400 bits per heavy atom. The van der Waals surface area contributed by atoms with Crippen LogP contribution in [0.5, 0.6) is 0 Å². The van der Waals surface area contributed by atoms with Crippen molar-refractivity contribution < 1.29 is 23.0 Å². The van der Waals surface area contributed by atoms with Gasteiger partial charge in [-0.15, -0.1) is 0 Å². The van der Waals surface area contributed by atoms with Crippen molar-refractivity contribution in [3.8, 4) is 0 Å². The second kappa shape index (κ2) is 36.9. The third-order valence-corrected chi connectivity index (χ3v) is 9.67. The van der Waals surface area contributed by atoms with Crippen LogP contribution < -0.4 is 4.89 Å². The molecule has 0 rings (SSSR count). The van der Waals surface area contributed by atoms with Gasteiger partial charge < -0.3 is 18.4 Å². The maximum atomic E-state index is 11.7. The van der Waals surface area contributed by atoms with Crippen LogP contribution in [0.3, 0.4) is 0 Å². The molecule has 0 aromatic heterocycles. The molecular formula is C39H84NO4P. The molecule has 0 saturated carbocycles. The highest BCUT2D eigenvalue weighted by Crippen LogP contribution is 2.38. The van der Waals surface area contributed by atoms with Gasteiger partial charge in [0, 0.05) is 0 Å². The molecule has 0 aromatic carbocycles. The van der Waals surface area contributed by atoms with Gasteiger partial charge in [-0.3, -0.25) is 4.57 Å². The van der Waals surface area contributed by atoms with Crippen LogP contribution in [0.15, 0.2) is 0 Å². The van der Waals surface area contributed by atoms with Crippen molar-refractivity contribution in [3.05, 3.63) is 0 Å². The van der Waals surface area contributed by atoms with Gasteiger partial charge in [-0.05, 0) is 25.7 Å². The largest absolute Gasteiger partial charge is 0.756 e. The van der Waals surface area contributed by atoms with Gasteiger partial charge >= 0.3 is 0 Å². The first kappa shape index (κ1) is 47.2. The van der Waals surface area contributed by atoms with E-state index < -0.39 is 7.82 Å². The molecule has 0 atom stereocenters. The lowest BCUT2D eigenvalue weighted by Crippen LogP contribution is -2.35. The first-order valence-corrected chi connectivity index (χ1v) is 21.5. The quantitative estimate of drug-likeness (QED) is 0.0385. The molecule has 0 bridgehead atoms. The zero-order chi connectivity index (χ0) is 33.7. The van der Waals surface area contributed by atoms with Gasteiger partial charge in [0.05, 0.1) is 40.9 Å². The van der Waals surface area contributed by atoms with Gasteiger partial charge in [-0.2, -0.15) is 0 Å². The third kappa shape index (κ3) is 46.2. The van der Waals surface area contributed by atoms with E-state index in [4.69, 9.17) is 9.05 Å². The molecular weight excluding hydrogens is 577 g/mol. The molecule has 0 aliphatic rings. The maximum absolute atomic E-state index is 11.7. The van der Waals surface area contributed by atoms with Crippen molar-refractivity contribution in [1.29, 1.82) is 0 Å². The van der Waals surface area contributed by atoms with Crippen molar-refractivity contribution in [3.63, 3.8) is 0 Å². The van der Waals surface area contributed by atoms with Gasteiger partial charge in [0.15, 0.2) is 0 Å². The van der Waals surface area contributed by atoms with Crippen LogP contribution in [0.2, 0.25) is 0 Å². The Bertz CT molecular complexity index is 566. The van der Waals surface area contributed by atoms with Gasteiger partial charge in [0.1, 0.15) is 0 Å². The van der Waals surface area contributed by atoms with Crippen LogP contribution in [0.1, 0.15) is 213 Å². The van der Waals surface area contributed by atoms with Crippen LogP contribution in [-0.2, 0) is 13.6 Å². The van der Waals surface area contributed by atoms with E-state index in [0.29, 0.717) is 0 Å². The third-order valence-electron chi connectivity index (χ3n) is 8.68. The highest BCUT2D eigenvalue weighted by molar-refractivity contribution is 7.45. The molecule has 45 heavy (non-hydrogen) atoms. The number of unbranched alkanes of at least 4 members (excludes halogenated alkanes) is 27. The van der Waals surface area contributed by atoms with Crippen molar-refractivity contribution in [1.82, 2.24) is 0 Å². The van der Waals surface area contributed by atoms with E-state index >= 15 is 0 Å². The number of phosphoric ester groups is 1. The normalized spacial score (nSPS) is 12.0. The van der Waals surface area contributed by atoms with Crippen LogP contribution >= 0.6 is 7.82 Å². The van der Waals surface area contributed by atoms with Crippen LogP contribution in [0.25, 0.3) is 0 Å². The highest BCUT2D eigenvalue weighted by atomic mass is 31.2. The Morgan fingerprint density at radius 3 is 0.867 bits per heavy atom. The molecule has 0 heterocycles. The Kier molecular flexibility index (Phi) is 38.7. The number of nitrogens with zero attached hydrogens (tertiary/aromatic N) is 1. The molecule has 0 saturated heterocycles. The van der Waals surface area contributed by atoms with E-state index in [1.165, 1.54) is 173 Å². The minimum Gasteiger partial charge on any atom is -0.756 e. The lowest BCUT2D eigenvalue weighted by Gasteiger charge is -2.23. The summed E-state index contributed by atoms with van der Waals surface area (Å²) < 4.78 is 22.8. The molecule has 274 valence electrons. The SMILES string of the molecule is CCCCCCCCCCCCOP(=O)([O-])OCCCCCCCCCCCC.CCCCCCCCCCCC[N+](C)(C)C. The standard InChI is InChI=1S/C24H51O4P.C15H34N/c1-3-5-7-9-11-13-15-17-19-21-23-27-29(25,26)28-24-22-20-18-16-14-12-10-8-6-4-2;1-5-6-7-8-9-10-11-12-13-14-15-16(2,3)4/h3-24H2,1-2H3,(H,25,26);5-15H2,1-4H3/q;+1/p-1. The van der Waals surface area contributed by atoms with Gasteiger partial charge in [-0.1, -0.05) is 188 Å². The molecule has 0 aromatic rings. The minimum atomic E-state index is -4.10. The second-order valence-electron chi connectivity index (χ2n) is 14.7. The minimum absolute atomic E-state index is 0.259. The summed E-state index contributed by atoms with van der Waals surface area (Å²) in [6.45, 7) is 8.62. The molecule has 6 heteroatoms. The van der Waals surface area contributed by atoms with E-state index in [9.17, 15) is 9.46 Å². The Balaban J connectivity index is 0. The van der Waals surface area contributed by atoms with Crippen LogP contribution in [-0.4, -0.2) is 45.4 Å². The summed E-state index contributed by atoms with van der Waals surface area (Å²) in [7, 11) is 2.76. The average Bonchev–Trinajstić information content (AvgIpc) is 2.99. The first-order chi connectivity index (χ1) is 21.7. The van der Waals surface area contributed by atoms with Crippen LogP contribution in [0.4, 0.5) is 0 Å². The summed E-state index contributed by atoms with van der Waals surface area (Å²) in [6, 6.07) is 0. The summed E-state index contributed by atoms with van der Waals surface area (Å²) >= 11 is 0. The summed E-state index contributed by atoms with van der Waals surface area (Å²) in [5.41, 5.74) is 0. The average molecular weight is 662 g/mol. The maximum Gasteiger partial charge on any atom is 0.267 e. The molecule has 0 aliphatic heterocycles.